The van der Waals surface area contributed by atoms with Gasteiger partial charge in [-0.2, -0.15) is 0 Å². The van der Waals surface area contributed by atoms with E-state index >= 15 is 0 Å². The maximum atomic E-state index is 10.7. The normalized spacial score (nSPS) is 10.2. The number of nitrogens with zero attached hydrogens (tertiary/aromatic N) is 1. The molecule has 0 spiro atoms. The Labute approximate surface area is 73.6 Å². The summed E-state index contributed by atoms with van der Waals surface area (Å²) < 4.78 is 21.5. The molecule has 3 nitrogen and oxygen atoms in total. The average Bonchev–Trinajstić information content (AvgIpc) is 2.04. The van der Waals surface area contributed by atoms with Gasteiger partial charge < -0.3 is 4.90 Å². The number of rotatable bonds is 2. The quantitative estimate of drug-likeness (QED) is 0.690. The van der Waals surface area contributed by atoms with Gasteiger partial charge in [0.15, 0.2) is 10.7 Å². The summed E-state index contributed by atoms with van der Waals surface area (Å²) in [7, 11) is 1.14. The molecule has 0 aliphatic carbocycles. The molecular weight excluding hydrogens is 174 g/mol. The standard InChI is InChI=1S/C8H11NO2S/c1-9(2)7-5-3-4-6-8(7)12(10)11/h3-6,12H,1-2H3. The van der Waals surface area contributed by atoms with Crippen molar-refractivity contribution in [3.63, 3.8) is 0 Å². The van der Waals surface area contributed by atoms with Gasteiger partial charge in [-0.05, 0) is 12.1 Å². The molecule has 0 unspecified atom stereocenters. The highest BCUT2D eigenvalue weighted by Gasteiger charge is 2.03. The molecule has 1 rings (SSSR count). The van der Waals surface area contributed by atoms with E-state index in [-0.39, 0.29) is 0 Å². The highest BCUT2D eigenvalue weighted by molar-refractivity contribution is 7.72. The molecule has 0 atom stereocenters. The van der Waals surface area contributed by atoms with Gasteiger partial charge in [0.2, 0.25) is 0 Å². The van der Waals surface area contributed by atoms with E-state index in [1.165, 1.54) is 0 Å². The maximum Gasteiger partial charge on any atom is 0.170 e. The molecule has 4 heteroatoms. The van der Waals surface area contributed by atoms with Gasteiger partial charge in [-0.15, -0.1) is 0 Å². The van der Waals surface area contributed by atoms with E-state index < -0.39 is 10.7 Å². The van der Waals surface area contributed by atoms with Crippen molar-refractivity contribution in [3.8, 4) is 0 Å². The average molecular weight is 185 g/mol. The Morgan fingerprint density at radius 3 is 2.17 bits per heavy atom. The smallest absolute Gasteiger partial charge is 0.170 e. The summed E-state index contributed by atoms with van der Waals surface area (Å²) in [5.41, 5.74) is 0.730. The van der Waals surface area contributed by atoms with Crippen LogP contribution >= 0.6 is 0 Å². The molecule has 0 saturated carbocycles. The zero-order valence-electron chi connectivity index (χ0n) is 7.02. The Hall–Kier alpha value is -1.03. The van der Waals surface area contributed by atoms with Gasteiger partial charge in [-0.3, -0.25) is 0 Å². The lowest BCUT2D eigenvalue weighted by Gasteiger charge is -2.13. The lowest BCUT2D eigenvalue weighted by atomic mass is 10.3. The third-order valence-electron chi connectivity index (χ3n) is 1.56. The fourth-order valence-electron chi connectivity index (χ4n) is 0.997. The number of hydrogen-bond acceptors (Lipinski definition) is 3. The predicted molar refractivity (Wildman–Crippen MR) is 49.3 cm³/mol. The van der Waals surface area contributed by atoms with Crippen LogP contribution in [-0.2, 0) is 10.7 Å². The number of hydrogen-bond donors (Lipinski definition) is 1. The Bertz CT molecular complexity index is 337. The number of anilines is 1. The highest BCUT2D eigenvalue weighted by Crippen LogP contribution is 2.18. The molecule has 0 aromatic heterocycles. The molecule has 0 heterocycles. The van der Waals surface area contributed by atoms with E-state index in [0.29, 0.717) is 4.90 Å². The van der Waals surface area contributed by atoms with Crippen LogP contribution in [0.2, 0.25) is 0 Å². The second-order valence-corrected chi connectivity index (χ2v) is 3.64. The first-order chi connectivity index (χ1) is 5.63. The molecule has 0 aliphatic rings. The van der Waals surface area contributed by atoms with Gasteiger partial charge in [0.1, 0.15) is 0 Å². The molecule has 66 valence electrons. The van der Waals surface area contributed by atoms with E-state index in [0.717, 1.165) is 5.69 Å². The molecule has 1 aromatic carbocycles. The van der Waals surface area contributed by atoms with E-state index in [2.05, 4.69) is 0 Å². The minimum Gasteiger partial charge on any atom is -0.377 e. The van der Waals surface area contributed by atoms with Gasteiger partial charge in [0.05, 0.1) is 10.6 Å². The van der Waals surface area contributed by atoms with Crippen LogP contribution in [-0.4, -0.2) is 22.5 Å². The highest BCUT2D eigenvalue weighted by atomic mass is 32.2. The van der Waals surface area contributed by atoms with E-state index in [1.54, 1.807) is 23.1 Å². The lowest BCUT2D eigenvalue weighted by Crippen LogP contribution is -2.10. The molecule has 0 fully saturated rings. The van der Waals surface area contributed by atoms with E-state index in [4.69, 9.17) is 0 Å². The van der Waals surface area contributed by atoms with Crippen molar-refractivity contribution in [1.82, 2.24) is 0 Å². The van der Waals surface area contributed by atoms with Crippen molar-refractivity contribution in [3.05, 3.63) is 24.3 Å². The number of thiol groups is 1. The van der Waals surface area contributed by atoms with E-state index in [1.807, 2.05) is 20.2 Å². The van der Waals surface area contributed by atoms with Crippen LogP contribution in [0.15, 0.2) is 29.2 Å². The van der Waals surface area contributed by atoms with Gasteiger partial charge in [0, 0.05) is 14.1 Å². The van der Waals surface area contributed by atoms with Crippen molar-refractivity contribution in [1.29, 1.82) is 0 Å². The van der Waals surface area contributed by atoms with Crippen LogP contribution in [0.1, 0.15) is 0 Å². The minimum absolute atomic E-state index is 0.373. The summed E-state index contributed by atoms with van der Waals surface area (Å²) in [6.07, 6.45) is 0. The summed E-state index contributed by atoms with van der Waals surface area (Å²) in [5.74, 6) is 0. The van der Waals surface area contributed by atoms with Crippen LogP contribution < -0.4 is 4.90 Å². The zero-order valence-corrected chi connectivity index (χ0v) is 7.91. The molecule has 1 aromatic rings. The van der Waals surface area contributed by atoms with Crippen LogP contribution in [0.5, 0.6) is 0 Å². The van der Waals surface area contributed by atoms with Crippen LogP contribution in [0.4, 0.5) is 5.69 Å². The summed E-state index contributed by atoms with van der Waals surface area (Å²) in [4.78, 5) is 2.15. The third-order valence-corrected chi connectivity index (χ3v) is 2.33. The van der Waals surface area contributed by atoms with Crippen molar-refractivity contribution in [2.24, 2.45) is 0 Å². The Balaban J connectivity index is 3.27. The SMILES string of the molecule is CN(C)c1ccccc1[SH](=O)=O. The zero-order chi connectivity index (χ0) is 9.14. The molecule has 0 aliphatic heterocycles. The van der Waals surface area contributed by atoms with Crippen molar-refractivity contribution in [2.75, 3.05) is 19.0 Å². The fourth-order valence-corrected chi connectivity index (χ4v) is 1.67. The molecule has 0 bridgehead atoms. The maximum absolute atomic E-state index is 10.7. The molecule has 12 heavy (non-hydrogen) atoms. The predicted octanol–water partition coefficient (Wildman–Crippen LogP) is 0.723. The molecular formula is C8H11NO2S. The van der Waals surface area contributed by atoms with Crippen molar-refractivity contribution in [2.45, 2.75) is 4.90 Å². The van der Waals surface area contributed by atoms with Gasteiger partial charge in [0.25, 0.3) is 0 Å². The molecule has 0 amide bonds. The summed E-state index contributed by atoms with van der Waals surface area (Å²) in [6, 6.07) is 6.91. The molecule has 0 radical (unpaired) electrons. The van der Waals surface area contributed by atoms with Crippen LogP contribution in [0.3, 0.4) is 0 Å². The first kappa shape index (κ1) is 9.06. The Kier molecular flexibility index (Phi) is 2.70. The van der Waals surface area contributed by atoms with Crippen LogP contribution in [0, 0.1) is 0 Å². The Morgan fingerprint density at radius 2 is 1.75 bits per heavy atom. The van der Waals surface area contributed by atoms with Crippen LogP contribution in [0.25, 0.3) is 0 Å². The van der Waals surface area contributed by atoms with E-state index in [9.17, 15) is 8.42 Å². The van der Waals surface area contributed by atoms with Gasteiger partial charge >= 0.3 is 0 Å². The largest absolute Gasteiger partial charge is 0.377 e. The third kappa shape index (κ3) is 1.76. The number of para-hydroxylation sites is 1. The Morgan fingerprint density at radius 1 is 1.17 bits per heavy atom. The minimum atomic E-state index is -2.49. The topological polar surface area (TPSA) is 37.4 Å². The number of benzene rings is 1. The van der Waals surface area contributed by atoms with Gasteiger partial charge in [-0.25, -0.2) is 8.42 Å². The first-order valence-corrected chi connectivity index (χ1v) is 4.71. The summed E-state index contributed by atoms with van der Waals surface area (Å²) >= 11 is 0. The molecule has 0 N–H and O–H groups in total. The summed E-state index contributed by atoms with van der Waals surface area (Å²) in [6.45, 7) is 0. The monoisotopic (exact) mass is 185 g/mol. The van der Waals surface area contributed by atoms with Gasteiger partial charge in [-0.1, -0.05) is 12.1 Å². The molecule has 0 saturated heterocycles. The summed E-state index contributed by atoms with van der Waals surface area (Å²) in [5, 5.41) is 0. The van der Waals surface area contributed by atoms with Crippen molar-refractivity contribution >= 4 is 16.4 Å². The second-order valence-electron chi connectivity index (χ2n) is 2.64. The first-order valence-electron chi connectivity index (χ1n) is 3.53. The second kappa shape index (κ2) is 3.58. The fraction of sp³-hybridized carbons (Fsp3) is 0.250. The van der Waals surface area contributed by atoms with Crippen molar-refractivity contribution < 1.29 is 8.42 Å². The lowest BCUT2D eigenvalue weighted by molar-refractivity contribution is 0.614.